The second-order valence-electron chi connectivity index (χ2n) is 4.17. The molecule has 2 rings (SSSR count). The van der Waals surface area contributed by atoms with Crippen molar-refractivity contribution in [2.75, 3.05) is 6.54 Å². The van der Waals surface area contributed by atoms with E-state index in [1.807, 2.05) is 0 Å². The predicted octanol–water partition coefficient (Wildman–Crippen LogP) is -0.272. The van der Waals surface area contributed by atoms with Crippen molar-refractivity contribution in [3.63, 3.8) is 0 Å². The van der Waals surface area contributed by atoms with Crippen molar-refractivity contribution in [1.29, 1.82) is 0 Å². The van der Waals surface area contributed by atoms with Gasteiger partial charge in [-0.2, -0.15) is 0 Å². The molecule has 2 heterocycles. The molecule has 0 spiro atoms. The van der Waals surface area contributed by atoms with Crippen molar-refractivity contribution in [3.05, 3.63) is 36.2 Å². The predicted molar refractivity (Wildman–Crippen MR) is 70.8 cm³/mol. The minimum atomic E-state index is -3.49. The Morgan fingerprint density at radius 1 is 1.53 bits per heavy atom. The van der Waals surface area contributed by atoms with Crippen LogP contribution in [0, 0.1) is 0 Å². The first kappa shape index (κ1) is 13.8. The first-order chi connectivity index (χ1) is 9.03. The van der Waals surface area contributed by atoms with E-state index in [4.69, 9.17) is 5.73 Å². The lowest BCUT2D eigenvalue weighted by atomic mass is 10.4. The second-order valence-corrected chi connectivity index (χ2v) is 5.93. The summed E-state index contributed by atoms with van der Waals surface area (Å²) in [6.07, 6.45) is 5.41. The Morgan fingerprint density at radius 3 is 2.89 bits per heavy atom. The summed E-state index contributed by atoms with van der Waals surface area (Å²) in [6, 6.07) is 1.58. The number of hydrogen-bond acceptors (Lipinski definition) is 4. The highest BCUT2D eigenvalue weighted by molar-refractivity contribution is 7.89. The first-order valence-electron chi connectivity index (χ1n) is 5.86. The van der Waals surface area contributed by atoms with Gasteiger partial charge in [0.1, 0.15) is 5.82 Å². The number of rotatable bonds is 6. The van der Waals surface area contributed by atoms with Crippen LogP contribution in [0.4, 0.5) is 0 Å². The molecule has 0 unspecified atom stereocenters. The molecular formula is C11H17N5O2S. The van der Waals surface area contributed by atoms with E-state index in [1.165, 1.54) is 0 Å². The van der Waals surface area contributed by atoms with Gasteiger partial charge < -0.3 is 15.3 Å². The molecule has 19 heavy (non-hydrogen) atoms. The highest BCUT2D eigenvalue weighted by Gasteiger charge is 2.16. The second kappa shape index (κ2) is 5.55. The normalized spacial score (nSPS) is 11.9. The van der Waals surface area contributed by atoms with E-state index in [2.05, 4.69) is 14.7 Å². The molecule has 0 amide bonds. The van der Waals surface area contributed by atoms with Gasteiger partial charge in [-0.1, -0.05) is 0 Å². The number of aromatic nitrogens is 3. The Labute approximate surface area is 111 Å². The number of aromatic amines is 1. The zero-order valence-electron chi connectivity index (χ0n) is 10.6. The minimum absolute atomic E-state index is 0.231. The van der Waals surface area contributed by atoms with Crippen LogP contribution in [0.2, 0.25) is 0 Å². The van der Waals surface area contributed by atoms with Gasteiger partial charge in [0, 0.05) is 50.8 Å². The number of imidazole rings is 1. The molecule has 0 aliphatic carbocycles. The maximum absolute atomic E-state index is 12.0. The Morgan fingerprint density at radius 2 is 2.32 bits per heavy atom. The van der Waals surface area contributed by atoms with E-state index in [-0.39, 0.29) is 4.90 Å². The van der Waals surface area contributed by atoms with Gasteiger partial charge in [-0.05, 0) is 6.07 Å². The third kappa shape index (κ3) is 3.22. The van der Waals surface area contributed by atoms with Crippen molar-refractivity contribution in [3.8, 4) is 0 Å². The van der Waals surface area contributed by atoms with E-state index < -0.39 is 10.0 Å². The molecular weight excluding hydrogens is 266 g/mol. The molecule has 104 valence electrons. The summed E-state index contributed by atoms with van der Waals surface area (Å²) in [4.78, 5) is 7.18. The molecule has 2 aromatic rings. The van der Waals surface area contributed by atoms with E-state index >= 15 is 0 Å². The Bertz CT molecular complexity index is 630. The van der Waals surface area contributed by atoms with Crippen LogP contribution in [0.25, 0.3) is 0 Å². The van der Waals surface area contributed by atoms with Crippen LogP contribution in [0.15, 0.2) is 29.6 Å². The van der Waals surface area contributed by atoms with Crippen molar-refractivity contribution in [1.82, 2.24) is 19.3 Å². The molecule has 0 aromatic carbocycles. The van der Waals surface area contributed by atoms with Gasteiger partial charge in [0.05, 0.1) is 4.90 Å². The Hall–Kier alpha value is -1.64. The fraction of sp³-hybridized carbons (Fsp3) is 0.364. The van der Waals surface area contributed by atoms with E-state index in [1.54, 1.807) is 36.3 Å². The lowest BCUT2D eigenvalue weighted by molar-refractivity contribution is 0.581. The molecule has 0 aliphatic rings. The van der Waals surface area contributed by atoms with Gasteiger partial charge in [0.15, 0.2) is 0 Å². The van der Waals surface area contributed by atoms with Gasteiger partial charge in [-0.25, -0.2) is 18.1 Å². The highest BCUT2D eigenvalue weighted by Crippen LogP contribution is 2.12. The number of nitrogens with zero attached hydrogens (tertiary/aromatic N) is 2. The highest BCUT2D eigenvalue weighted by atomic mass is 32.2. The summed E-state index contributed by atoms with van der Waals surface area (Å²) in [6.45, 7) is 0.598. The van der Waals surface area contributed by atoms with Gasteiger partial charge in [0.25, 0.3) is 0 Å². The summed E-state index contributed by atoms with van der Waals surface area (Å²) in [7, 11) is -1.73. The van der Waals surface area contributed by atoms with Crippen molar-refractivity contribution in [2.45, 2.75) is 17.9 Å². The molecule has 2 aromatic heterocycles. The summed E-state index contributed by atoms with van der Waals surface area (Å²) in [5.74, 6) is 0.749. The zero-order valence-corrected chi connectivity index (χ0v) is 11.4. The molecule has 0 saturated carbocycles. The molecule has 7 nitrogen and oxygen atoms in total. The smallest absolute Gasteiger partial charge is 0.242 e. The monoisotopic (exact) mass is 283 g/mol. The number of nitrogens with one attached hydrogen (secondary N) is 2. The molecule has 0 radical (unpaired) electrons. The van der Waals surface area contributed by atoms with Gasteiger partial charge in [-0.3, -0.25) is 0 Å². The van der Waals surface area contributed by atoms with Crippen molar-refractivity contribution >= 4 is 10.0 Å². The fourth-order valence-electron chi connectivity index (χ4n) is 1.75. The fourth-order valence-corrected chi connectivity index (χ4v) is 2.87. The molecule has 4 N–H and O–H groups in total. The van der Waals surface area contributed by atoms with Crippen molar-refractivity contribution in [2.24, 2.45) is 12.8 Å². The summed E-state index contributed by atoms with van der Waals surface area (Å²) in [5.41, 5.74) is 6.29. The van der Waals surface area contributed by atoms with Crippen LogP contribution in [-0.2, 0) is 30.0 Å². The van der Waals surface area contributed by atoms with Gasteiger partial charge in [0.2, 0.25) is 10.0 Å². The maximum Gasteiger partial charge on any atom is 0.242 e. The maximum atomic E-state index is 12.0. The summed E-state index contributed by atoms with van der Waals surface area (Å²) in [5, 5.41) is 0. The molecule has 0 bridgehead atoms. The summed E-state index contributed by atoms with van der Waals surface area (Å²) >= 11 is 0. The minimum Gasteiger partial charge on any atom is -0.352 e. The van der Waals surface area contributed by atoms with E-state index in [0.717, 1.165) is 11.5 Å². The standard InChI is InChI=1S/C11H17N5O2S/c1-16-8-10(6-9(16)7-12)19(17,18)15-3-2-11-13-4-5-14-11/h4-6,8,15H,2-3,7,12H2,1H3,(H,13,14). The van der Waals surface area contributed by atoms with Crippen LogP contribution in [-0.4, -0.2) is 29.5 Å². The lowest BCUT2D eigenvalue weighted by Crippen LogP contribution is -2.26. The SMILES string of the molecule is Cn1cc(S(=O)(=O)NCCc2ncc[nH]2)cc1CN. The van der Waals surface area contributed by atoms with Crippen LogP contribution in [0.5, 0.6) is 0 Å². The Balaban J connectivity index is 2.01. The summed E-state index contributed by atoms with van der Waals surface area (Å²) < 4.78 is 28.3. The molecule has 0 aliphatic heterocycles. The Kier molecular flexibility index (Phi) is 4.03. The van der Waals surface area contributed by atoms with Crippen LogP contribution < -0.4 is 10.5 Å². The quantitative estimate of drug-likeness (QED) is 0.678. The topological polar surface area (TPSA) is 106 Å². The van der Waals surface area contributed by atoms with E-state index in [9.17, 15) is 8.42 Å². The molecule has 0 atom stereocenters. The number of sulfonamides is 1. The molecule has 0 saturated heterocycles. The largest absolute Gasteiger partial charge is 0.352 e. The third-order valence-corrected chi connectivity index (χ3v) is 4.24. The lowest BCUT2D eigenvalue weighted by Gasteiger charge is -2.03. The first-order valence-corrected chi connectivity index (χ1v) is 7.34. The van der Waals surface area contributed by atoms with E-state index in [0.29, 0.717) is 19.5 Å². The van der Waals surface area contributed by atoms with Gasteiger partial charge >= 0.3 is 0 Å². The number of nitrogens with two attached hydrogens (primary N) is 1. The van der Waals surface area contributed by atoms with Crippen LogP contribution in [0.1, 0.15) is 11.5 Å². The zero-order chi connectivity index (χ0) is 13.9. The van der Waals surface area contributed by atoms with Crippen molar-refractivity contribution < 1.29 is 8.42 Å². The number of aryl methyl sites for hydroxylation is 1. The number of hydrogen-bond donors (Lipinski definition) is 3. The van der Waals surface area contributed by atoms with Crippen LogP contribution in [0.3, 0.4) is 0 Å². The molecule has 8 heteroatoms. The third-order valence-electron chi connectivity index (χ3n) is 2.81. The average Bonchev–Trinajstić information content (AvgIpc) is 2.98. The van der Waals surface area contributed by atoms with Crippen LogP contribution >= 0.6 is 0 Å². The molecule has 0 fully saturated rings. The average molecular weight is 283 g/mol. The number of H-pyrrole nitrogens is 1. The van der Waals surface area contributed by atoms with Gasteiger partial charge in [-0.15, -0.1) is 0 Å².